The van der Waals surface area contributed by atoms with Crippen molar-refractivity contribution >= 4 is 33.2 Å². The van der Waals surface area contributed by atoms with Gasteiger partial charge in [0, 0.05) is 46.3 Å². The number of para-hydroxylation sites is 2. The normalized spacial score (nSPS) is 12.6. The fourth-order valence-electron chi connectivity index (χ4n) is 3.66. The summed E-state index contributed by atoms with van der Waals surface area (Å²) in [4.78, 5) is 2.24. The second-order valence-electron chi connectivity index (χ2n) is 6.74. The number of rotatable bonds is 4. The van der Waals surface area contributed by atoms with Crippen molar-refractivity contribution in [2.75, 3.05) is 11.9 Å². The smallest absolute Gasteiger partial charge is 0.0495 e. The van der Waals surface area contributed by atoms with E-state index >= 15 is 0 Å². The van der Waals surface area contributed by atoms with Crippen LogP contribution in [0.5, 0.6) is 0 Å². The molecule has 0 radical (unpaired) electrons. The van der Waals surface area contributed by atoms with Gasteiger partial charge in [-0.2, -0.15) is 0 Å². The average molecular weight is 328 g/mol. The van der Waals surface area contributed by atoms with Crippen LogP contribution in [0.25, 0.3) is 21.8 Å². The summed E-state index contributed by atoms with van der Waals surface area (Å²) in [6, 6.07) is 26.6. The molecule has 0 aliphatic carbocycles. The van der Waals surface area contributed by atoms with E-state index in [-0.39, 0.29) is 0 Å². The Morgan fingerprint density at radius 3 is 2.24 bits per heavy atom. The van der Waals surface area contributed by atoms with Crippen molar-refractivity contribution in [2.45, 2.75) is 26.3 Å². The maximum Gasteiger partial charge on any atom is 0.0495 e. The summed E-state index contributed by atoms with van der Waals surface area (Å²) in [7, 11) is 2.13. The zero-order chi connectivity index (χ0) is 17.4. The summed E-state index contributed by atoms with van der Waals surface area (Å²) in [5.74, 6) is 0. The predicted molar refractivity (Wildman–Crippen MR) is 109 cm³/mol. The van der Waals surface area contributed by atoms with Gasteiger partial charge in [0.1, 0.15) is 0 Å². The Hall–Kier alpha value is -2.74. The quantitative estimate of drug-likeness (QED) is 0.413. The highest BCUT2D eigenvalue weighted by Gasteiger charge is 2.15. The van der Waals surface area contributed by atoms with Crippen LogP contribution in [-0.2, 0) is 0 Å². The van der Waals surface area contributed by atoms with Crippen molar-refractivity contribution in [3.8, 4) is 0 Å². The van der Waals surface area contributed by atoms with Gasteiger partial charge in [0.2, 0.25) is 0 Å². The van der Waals surface area contributed by atoms with E-state index in [1.165, 1.54) is 33.2 Å². The lowest BCUT2D eigenvalue weighted by atomic mass is 10.1. The molecular weight excluding hydrogens is 304 g/mol. The number of anilines is 2. The number of nitrogens with zero attached hydrogens (tertiary/aromatic N) is 2. The molecule has 0 N–H and O–H groups in total. The molecular formula is C23H24N2. The van der Waals surface area contributed by atoms with E-state index in [1.807, 2.05) is 0 Å². The number of fused-ring (bicyclic) bond motifs is 3. The molecule has 0 saturated carbocycles. The molecule has 0 aliphatic heterocycles. The summed E-state index contributed by atoms with van der Waals surface area (Å²) >= 11 is 0. The summed E-state index contributed by atoms with van der Waals surface area (Å²) in [5.41, 5.74) is 5.06. The molecule has 0 amide bonds. The first-order chi connectivity index (χ1) is 12.2. The maximum absolute atomic E-state index is 2.48. The molecule has 2 nitrogen and oxygen atoms in total. The Morgan fingerprint density at radius 2 is 1.48 bits per heavy atom. The molecule has 3 aromatic carbocycles. The predicted octanol–water partition coefficient (Wildman–Crippen LogP) is 6.53. The van der Waals surface area contributed by atoms with Crippen molar-refractivity contribution in [3.05, 3.63) is 72.8 Å². The van der Waals surface area contributed by atoms with E-state index in [2.05, 4.69) is 103 Å². The molecule has 126 valence electrons. The molecule has 0 aliphatic rings. The Balaban J connectivity index is 1.93. The van der Waals surface area contributed by atoms with Crippen molar-refractivity contribution in [1.82, 2.24) is 4.57 Å². The van der Waals surface area contributed by atoms with Crippen LogP contribution in [-0.4, -0.2) is 11.6 Å². The van der Waals surface area contributed by atoms with Gasteiger partial charge in [-0.25, -0.2) is 0 Å². The first kappa shape index (κ1) is 15.8. The van der Waals surface area contributed by atoms with Gasteiger partial charge in [-0.1, -0.05) is 43.3 Å². The van der Waals surface area contributed by atoms with E-state index in [1.54, 1.807) is 0 Å². The second kappa shape index (κ2) is 6.29. The molecule has 4 aromatic rings. The average Bonchev–Trinajstić information content (AvgIpc) is 3.01. The monoisotopic (exact) mass is 328 g/mol. The highest BCUT2D eigenvalue weighted by atomic mass is 15.1. The van der Waals surface area contributed by atoms with Crippen LogP contribution < -0.4 is 4.90 Å². The second-order valence-corrected chi connectivity index (χ2v) is 6.74. The van der Waals surface area contributed by atoms with Gasteiger partial charge in [-0.05, 0) is 49.7 Å². The molecule has 1 atom stereocenters. The number of aromatic nitrogens is 1. The van der Waals surface area contributed by atoms with E-state index in [0.717, 1.165) is 6.42 Å². The van der Waals surface area contributed by atoms with E-state index in [4.69, 9.17) is 0 Å². The van der Waals surface area contributed by atoms with Gasteiger partial charge in [0.15, 0.2) is 0 Å². The molecule has 4 rings (SSSR count). The minimum atomic E-state index is 0.486. The standard InChI is InChI=1S/C23H24N2/c1-4-17(2)25-22-13-9-8-12-20(22)21-16-19(14-15-23(21)25)24(3)18-10-6-5-7-11-18/h5-17H,4H2,1-3H3. The third kappa shape index (κ3) is 2.58. The molecule has 0 bridgehead atoms. The van der Waals surface area contributed by atoms with Crippen LogP contribution >= 0.6 is 0 Å². The van der Waals surface area contributed by atoms with Crippen LogP contribution in [0.3, 0.4) is 0 Å². The lowest BCUT2D eigenvalue weighted by molar-refractivity contribution is 0.563. The van der Waals surface area contributed by atoms with Gasteiger partial charge in [-0.15, -0.1) is 0 Å². The van der Waals surface area contributed by atoms with E-state index < -0.39 is 0 Å². The lowest BCUT2D eigenvalue weighted by Gasteiger charge is -2.20. The zero-order valence-electron chi connectivity index (χ0n) is 15.1. The van der Waals surface area contributed by atoms with Gasteiger partial charge in [0.25, 0.3) is 0 Å². The molecule has 1 unspecified atom stereocenters. The summed E-state index contributed by atoms with van der Waals surface area (Å²) in [6.07, 6.45) is 1.12. The van der Waals surface area contributed by atoms with Gasteiger partial charge in [-0.3, -0.25) is 0 Å². The maximum atomic E-state index is 2.48. The highest BCUT2D eigenvalue weighted by molar-refractivity contribution is 6.09. The fourth-order valence-corrected chi connectivity index (χ4v) is 3.66. The van der Waals surface area contributed by atoms with Crippen LogP contribution in [0.1, 0.15) is 26.3 Å². The molecule has 25 heavy (non-hydrogen) atoms. The highest BCUT2D eigenvalue weighted by Crippen LogP contribution is 2.36. The topological polar surface area (TPSA) is 8.17 Å². The number of hydrogen-bond donors (Lipinski definition) is 0. The molecule has 2 heteroatoms. The van der Waals surface area contributed by atoms with Crippen LogP contribution in [0.2, 0.25) is 0 Å². The van der Waals surface area contributed by atoms with Gasteiger partial charge >= 0.3 is 0 Å². The van der Waals surface area contributed by atoms with Gasteiger partial charge in [0.05, 0.1) is 0 Å². The molecule has 0 spiro atoms. The number of benzene rings is 3. The first-order valence-corrected chi connectivity index (χ1v) is 9.02. The Labute approximate surface area is 149 Å². The van der Waals surface area contributed by atoms with Crippen molar-refractivity contribution in [2.24, 2.45) is 0 Å². The largest absolute Gasteiger partial charge is 0.345 e. The SMILES string of the molecule is CCC(C)n1c2ccccc2c2cc(N(C)c3ccccc3)ccc21. The van der Waals surface area contributed by atoms with E-state index in [9.17, 15) is 0 Å². The minimum Gasteiger partial charge on any atom is -0.345 e. The first-order valence-electron chi connectivity index (χ1n) is 9.02. The van der Waals surface area contributed by atoms with Crippen molar-refractivity contribution in [3.63, 3.8) is 0 Å². The summed E-state index contributed by atoms with van der Waals surface area (Å²) in [6.45, 7) is 4.55. The van der Waals surface area contributed by atoms with Crippen LogP contribution in [0, 0.1) is 0 Å². The third-order valence-electron chi connectivity index (χ3n) is 5.26. The lowest BCUT2D eigenvalue weighted by Crippen LogP contribution is -2.09. The molecule has 1 aromatic heterocycles. The van der Waals surface area contributed by atoms with Crippen LogP contribution in [0.4, 0.5) is 11.4 Å². The molecule has 0 fully saturated rings. The Bertz CT molecular complexity index is 1010. The summed E-state index contributed by atoms with van der Waals surface area (Å²) in [5, 5.41) is 2.66. The van der Waals surface area contributed by atoms with Crippen molar-refractivity contribution in [1.29, 1.82) is 0 Å². The fraction of sp³-hybridized carbons (Fsp3) is 0.217. The minimum absolute atomic E-state index is 0.486. The Morgan fingerprint density at radius 1 is 0.800 bits per heavy atom. The number of hydrogen-bond acceptors (Lipinski definition) is 1. The van der Waals surface area contributed by atoms with Gasteiger partial charge < -0.3 is 9.47 Å². The Kier molecular flexibility index (Phi) is 3.96. The molecule has 1 heterocycles. The summed E-state index contributed by atoms with van der Waals surface area (Å²) < 4.78 is 2.48. The van der Waals surface area contributed by atoms with Crippen molar-refractivity contribution < 1.29 is 0 Å². The molecule has 0 saturated heterocycles. The third-order valence-corrected chi connectivity index (χ3v) is 5.26. The zero-order valence-corrected chi connectivity index (χ0v) is 15.1. The van der Waals surface area contributed by atoms with Crippen LogP contribution in [0.15, 0.2) is 72.8 Å². The van der Waals surface area contributed by atoms with E-state index in [0.29, 0.717) is 6.04 Å².